The number of unbranched alkanes of at least 4 members (excludes halogenated alkanes) is 11. The van der Waals surface area contributed by atoms with E-state index in [0.717, 1.165) is 38.5 Å². The summed E-state index contributed by atoms with van der Waals surface area (Å²) in [5.41, 5.74) is 0. The van der Waals surface area contributed by atoms with Gasteiger partial charge in [-0.1, -0.05) is 90.4 Å². The summed E-state index contributed by atoms with van der Waals surface area (Å²) < 4.78 is 33.4. The van der Waals surface area contributed by atoms with Gasteiger partial charge in [-0.05, 0) is 26.2 Å². The second-order valence-corrected chi connectivity index (χ2v) is 9.22. The summed E-state index contributed by atoms with van der Waals surface area (Å²) in [6, 6.07) is 0. The summed E-state index contributed by atoms with van der Waals surface area (Å²) in [7, 11) is -4.11. The molecule has 0 aliphatic heterocycles. The van der Waals surface area contributed by atoms with Crippen LogP contribution in [0.3, 0.4) is 0 Å². The van der Waals surface area contributed by atoms with Gasteiger partial charge in [0.25, 0.3) is 0 Å². The van der Waals surface area contributed by atoms with E-state index in [2.05, 4.69) is 0 Å². The van der Waals surface area contributed by atoms with Crippen LogP contribution in [0.1, 0.15) is 117 Å². The fraction of sp³-hybridized carbons (Fsp3) is 1.00. The molecular formula is C20H41KO4S. The van der Waals surface area contributed by atoms with E-state index in [1.54, 1.807) is 0 Å². The molecular weight excluding hydrogens is 375 g/mol. The molecule has 0 saturated carbocycles. The molecule has 0 radical (unpaired) electrons. The Bertz CT molecular complexity index is 385. The van der Waals surface area contributed by atoms with Crippen LogP contribution >= 0.6 is 0 Å². The van der Waals surface area contributed by atoms with E-state index in [4.69, 9.17) is 0 Å². The first-order valence-corrected chi connectivity index (χ1v) is 12.0. The first kappa shape index (κ1) is 29.7. The van der Waals surface area contributed by atoms with Crippen LogP contribution in [0.5, 0.6) is 0 Å². The third kappa shape index (κ3) is 20.2. The second kappa shape index (κ2) is 19.8. The molecule has 0 heterocycles. The van der Waals surface area contributed by atoms with Crippen molar-refractivity contribution < 1.29 is 69.5 Å². The number of aliphatic hydroxyl groups is 1. The third-order valence-electron chi connectivity index (χ3n) is 4.92. The van der Waals surface area contributed by atoms with Gasteiger partial charge >= 0.3 is 51.4 Å². The predicted octanol–water partition coefficient (Wildman–Crippen LogP) is 2.55. The Morgan fingerprint density at radius 2 is 1.08 bits per heavy atom. The van der Waals surface area contributed by atoms with E-state index in [9.17, 15) is 18.1 Å². The molecule has 0 aromatic carbocycles. The molecule has 0 aliphatic carbocycles. The zero-order chi connectivity index (χ0) is 19.0. The van der Waals surface area contributed by atoms with Gasteiger partial charge in [0.05, 0.1) is 16.2 Å². The van der Waals surface area contributed by atoms with Crippen molar-refractivity contribution in [1.29, 1.82) is 0 Å². The van der Waals surface area contributed by atoms with Crippen LogP contribution in [-0.2, 0) is 10.1 Å². The maximum absolute atomic E-state index is 11.1. The van der Waals surface area contributed by atoms with Gasteiger partial charge in [0.1, 0.15) is 0 Å². The van der Waals surface area contributed by atoms with Crippen LogP contribution in [0.2, 0.25) is 0 Å². The molecule has 2 unspecified atom stereocenters. The topological polar surface area (TPSA) is 77.4 Å². The number of aliphatic hydroxyl groups excluding tert-OH is 1. The van der Waals surface area contributed by atoms with E-state index in [-0.39, 0.29) is 57.5 Å². The van der Waals surface area contributed by atoms with Crippen LogP contribution in [0, 0.1) is 0 Å². The van der Waals surface area contributed by atoms with E-state index < -0.39 is 15.4 Å². The maximum Gasteiger partial charge on any atom is 1.00 e. The van der Waals surface area contributed by atoms with Crippen molar-refractivity contribution in [3.05, 3.63) is 0 Å². The zero-order valence-corrected chi connectivity index (χ0v) is 21.5. The fourth-order valence-electron chi connectivity index (χ4n) is 3.33. The van der Waals surface area contributed by atoms with Gasteiger partial charge in [-0.3, -0.25) is 0 Å². The number of hydrogen-bond donors (Lipinski definition) is 1. The van der Waals surface area contributed by atoms with Crippen LogP contribution in [0.15, 0.2) is 0 Å². The van der Waals surface area contributed by atoms with Crippen LogP contribution in [-0.4, -0.2) is 29.4 Å². The molecule has 4 nitrogen and oxygen atoms in total. The van der Waals surface area contributed by atoms with E-state index >= 15 is 0 Å². The number of hydrogen-bond acceptors (Lipinski definition) is 4. The van der Waals surface area contributed by atoms with Gasteiger partial charge in [0, 0.05) is 5.25 Å². The molecule has 6 heteroatoms. The van der Waals surface area contributed by atoms with Gasteiger partial charge in [0.2, 0.25) is 0 Å². The molecule has 0 fully saturated rings. The Labute approximate surface area is 205 Å². The minimum atomic E-state index is -4.11. The van der Waals surface area contributed by atoms with Crippen LogP contribution in [0.25, 0.3) is 0 Å². The fourth-order valence-corrected chi connectivity index (χ4v) is 4.31. The van der Waals surface area contributed by atoms with Crippen molar-refractivity contribution in [2.24, 2.45) is 0 Å². The molecule has 0 aliphatic rings. The summed E-state index contributed by atoms with van der Waals surface area (Å²) >= 11 is 0. The van der Waals surface area contributed by atoms with Crippen molar-refractivity contribution in [1.82, 2.24) is 0 Å². The first-order chi connectivity index (χ1) is 11.9. The minimum absolute atomic E-state index is 0. The smallest absolute Gasteiger partial charge is 0.748 e. The van der Waals surface area contributed by atoms with Crippen molar-refractivity contribution >= 4 is 10.1 Å². The molecule has 0 amide bonds. The predicted molar refractivity (Wildman–Crippen MR) is 105 cm³/mol. The molecule has 0 spiro atoms. The average molecular weight is 417 g/mol. The maximum atomic E-state index is 11.1. The summed E-state index contributed by atoms with van der Waals surface area (Å²) in [4.78, 5) is 0. The molecule has 26 heavy (non-hydrogen) atoms. The summed E-state index contributed by atoms with van der Waals surface area (Å²) in [5.74, 6) is 0. The van der Waals surface area contributed by atoms with Gasteiger partial charge in [-0.25, -0.2) is 8.42 Å². The van der Waals surface area contributed by atoms with Gasteiger partial charge in [-0.15, -0.1) is 0 Å². The van der Waals surface area contributed by atoms with Crippen LogP contribution in [0.4, 0.5) is 0 Å². The molecule has 0 aromatic heterocycles. The Balaban J connectivity index is 0. The van der Waals surface area contributed by atoms with E-state index in [1.165, 1.54) is 51.4 Å². The largest absolute Gasteiger partial charge is 1.00 e. The molecule has 0 aromatic rings. The van der Waals surface area contributed by atoms with Gasteiger partial charge in [0.15, 0.2) is 0 Å². The van der Waals surface area contributed by atoms with Crippen molar-refractivity contribution in [2.75, 3.05) is 0 Å². The van der Waals surface area contributed by atoms with E-state index in [1.807, 2.05) is 13.8 Å². The first-order valence-electron chi connectivity index (χ1n) is 10.5. The molecule has 152 valence electrons. The monoisotopic (exact) mass is 416 g/mol. The van der Waals surface area contributed by atoms with E-state index in [0.29, 0.717) is 12.8 Å². The Morgan fingerprint density at radius 1 is 0.731 bits per heavy atom. The Hall–Kier alpha value is 1.51. The quantitative estimate of drug-likeness (QED) is 0.212. The molecule has 1 N–H and O–H groups in total. The van der Waals surface area contributed by atoms with Crippen molar-refractivity contribution in [3.8, 4) is 0 Å². The average Bonchev–Trinajstić information content (AvgIpc) is 2.52. The Morgan fingerprint density at radius 3 is 1.38 bits per heavy atom. The summed E-state index contributed by atoms with van der Waals surface area (Å²) in [6.07, 6.45) is 17.0. The normalized spacial score (nSPS) is 14.0. The third-order valence-corrected chi connectivity index (χ3v) is 6.20. The molecule has 0 bridgehead atoms. The Kier molecular flexibility index (Phi) is 22.6. The molecule has 2 atom stereocenters. The minimum Gasteiger partial charge on any atom is -0.748 e. The van der Waals surface area contributed by atoms with Crippen molar-refractivity contribution in [2.45, 2.75) is 128 Å². The second-order valence-electron chi connectivity index (χ2n) is 7.57. The standard InChI is InChI=1S/C20H42O4S.K/c1-3-16-20(25(22,23)24)18-15-13-11-9-7-5-4-6-8-10-12-14-17-19(2)21;/h19-21H,3-18H2,1-2H3,(H,22,23,24);/q;+1/p-1. The molecule has 0 rings (SSSR count). The zero-order valence-electron chi connectivity index (χ0n) is 17.5. The van der Waals surface area contributed by atoms with Crippen LogP contribution < -0.4 is 51.4 Å². The molecule has 0 saturated heterocycles. The van der Waals surface area contributed by atoms with Gasteiger partial charge in [-0.2, -0.15) is 0 Å². The van der Waals surface area contributed by atoms with Gasteiger partial charge < -0.3 is 9.66 Å². The number of rotatable bonds is 18. The van der Waals surface area contributed by atoms with Crippen molar-refractivity contribution in [3.63, 3.8) is 0 Å². The SMILES string of the molecule is CCCC(CCCCCCCCCCCCCCC(C)O)S(=O)(=O)[O-].[K+]. The summed E-state index contributed by atoms with van der Waals surface area (Å²) in [6.45, 7) is 3.78. The summed E-state index contributed by atoms with van der Waals surface area (Å²) in [5, 5.41) is 8.51.